The number of anilines is 1. The molecular weight excluding hydrogens is 294 g/mol. The summed E-state index contributed by atoms with van der Waals surface area (Å²) < 4.78 is 51.1. The van der Waals surface area contributed by atoms with Gasteiger partial charge in [0.1, 0.15) is 5.71 Å². The molecule has 2 rings (SSSR count). The van der Waals surface area contributed by atoms with E-state index in [2.05, 4.69) is 5.10 Å². The van der Waals surface area contributed by atoms with E-state index in [0.717, 1.165) is 0 Å². The summed E-state index contributed by atoms with van der Waals surface area (Å²) in [6.07, 6.45) is -7.70. The van der Waals surface area contributed by atoms with Crippen LogP contribution in [0.25, 0.3) is 0 Å². The molecule has 9 heteroatoms. The summed E-state index contributed by atoms with van der Waals surface area (Å²) in [7, 11) is 0. The number of halogens is 4. The molecule has 1 aromatic carbocycles. The van der Waals surface area contributed by atoms with Gasteiger partial charge in [0.25, 0.3) is 18.8 Å². The number of amides is 1. The molecule has 0 aliphatic carbocycles. The van der Waals surface area contributed by atoms with E-state index in [1.165, 1.54) is 24.3 Å². The van der Waals surface area contributed by atoms with Gasteiger partial charge in [0.15, 0.2) is 0 Å². The van der Waals surface area contributed by atoms with E-state index in [-0.39, 0.29) is 10.6 Å². The Morgan fingerprint density at radius 1 is 1.29 bits per heavy atom. The summed E-state index contributed by atoms with van der Waals surface area (Å²) in [4.78, 5) is 12.1. The van der Waals surface area contributed by atoms with E-state index in [0.29, 0.717) is 5.69 Å². The van der Waals surface area contributed by atoms with Crippen LogP contribution in [-0.2, 0) is 0 Å². The molecule has 0 saturated carbocycles. The molecule has 0 fully saturated rings. The van der Waals surface area contributed by atoms with Gasteiger partial charge in [-0.3, -0.25) is 4.79 Å². The largest absolute Gasteiger partial charge is 0.399 e. The van der Waals surface area contributed by atoms with Crippen LogP contribution in [0.15, 0.2) is 29.4 Å². The lowest BCUT2D eigenvalue weighted by Gasteiger charge is -2.30. The number of carbonyl (C=O) groups is 1. The van der Waals surface area contributed by atoms with Gasteiger partial charge in [-0.15, -0.1) is 0 Å². The Hall–Kier alpha value is -2.16. The third kappa shape index (κ3) is 2.68. The molecule has 0 aromatic heterocycles. The number of aliphatic hydroxyl groups is 1. The number of hydrogen-bond acceptors (Lipinski definition) is 4. The number of alkyl halides is 4. The smallest absolute Gasteiger partial charge is 0.287 e. The van der Waals surface area contributed by atoms with Gasteiger partial charge in [-0.25, -0.2) is 17.6 Å². The fourth-order valence-corrected chi connectivity index (χ4v) is 1.85. The van der Waals surface area contributed by atoms with E-state index in [4.69, 9.17) is 5.73 Å². The SMILES string of the molecule is Nc1ccc(C(=O)N2N=C(C(F)F)C[C@]2(O)C(F)F)cc1. The topological polar surface area (TPSA) is 78.9 Å². The first kappa shape index (κ1) is 15.2. The molecule has 1 aromatic rings. The normalized spacial score (nSPS) is 22.0. The van der Waals surface area contributed by atoms with Gasteiger partial charge in [-0.1, -0.05) is 0 Å². The monoisotopic (exact) mass is 305 g/mol. The van der Waals surface area contributed by atoms with E-state index < -0.39 is 36.6 Å². The number of benzene rings is 1. The van der Waals surface area contributed by atoms with Crippen molar-refractivity contribution in [2.24, 2.45) is 5.10 Å². The van der Waals surface area contributed by atoms with Gasteiger partial charge >= 0.3 is 0 Å². The minimum Gasteiger partial charge on any atom is -0.399 e. The Morgan fingerprint density at radius 2 is 1.86 bits per heavy atom. The molecule has 5 nitrogen and oxygen atoms in total. The molecule has 1 atom stereocenters. The molecule has 114 valence electrons. The van der Waals surface area contributed by atoms with Crippen molar-refractivity contribution in [1.29, 1.82) is 0 Å². The molecule has 0 bridgehead atoms. The van der Waals surface area contributed by atoms with Gasteiger partial charge in [-0.05, 0) is 24.3 Å². The number of nitrogen functional groups attached to an aromatic ring is 1. The Morgan fingerprint density at radius 3 is 2.33 bits per heavy atom. The van der Waals surface area contributed by atoms with Crippen molar-refractivity contribution >= 4 is 17.3 Å². The summed E-state index contributed by atoms with van der Waals surface area (Å²) >= 11 is 0. The molecule has 0 spiro atoms. The van der Waals surface area contributed by atoms with Crippen molar-refractivity contribution in [2.75, 3.05) is 5.73 Å². The van der Waals surface area contributed by atoms with E-state index in [1.54, 1.807) is 0 Å². The zero-order valence-corrected chi connectivity index (χ0v) is 10.5. The zero-order chi connectivity index (χ0) is 15.8. The highest BCUT2D eigenvalue weighted by Gasteiger charge is 2.53. The van der Waals surface area contributed by atoms with Gasteiger partial charge < -0.3 is 10.8 Å². The predicted molar refractivity (Wildman–Crippen MR) is 66.0 cm³/mol. The second-order valence-electron chi connectivity index (χ2n) is 4.49. The van der Waals surface area contributed by atoms with Crippen LogP contribution in [0.5, 0.6) is 0 Å². The Bertz CT molecular complexity index is 576. The highest BCUT2D eigenvalue weighted by atomic mass is 19.3. The van der Waals surface area contributed by atoms with Gasteiger partial charge in [0.2, 0.25) is 5.72 Å². The minimum absolute atomic E-state index is 0.00465. The van der Waals surface area contributed by atoms with E-state index >= 15 is 0 Å². The molecule has 1 amide bonds. The maximum Gasteiger partial charge on any atom is 0.287 e. The molecule has 3 N–H and O–H groups in total. The fourth-order valence-electron chi connectivity index (χ4n) is 1.85. The van der Waals surface area contributed by atoms with Crippen molar-refractivity contribution in [3.63, 3.8) is 0 Å². The Balaban J connectivity index is 2.38. The lowest BCUT2D eigenvalue weighted by molar-refractivity contribution is -0.164. The molecule has 1 aliphatic heterocycles. The minimum atomic E-state index is -3.45. The lowest BCUT2D eigenvalue weighted by atomic mass is 10.1. The van der Waals surface area contributed by atoms with Crippen LogP contribution >= 0.6 is 0 Å². The fraction of sp³-hybridized carbons (Fsp3) is 0.333. The van der Waals surface area contributed by atoms with E-state index in [1.807, 2.05) is 0 Å². The van der Waals surface area contributed by atoms with Gasteiger partial charge in [-0.2, -0.15) is 10.1 Å². The maximum absolute atomic E-state index is 13.0. The van der Waals surface area contributed by atoms with Crippen molar-refractivity contribution in [3.05, 3.63) is 29.8 Å². The number of nitrogens with two attached hydrogens (primary N) is 1. The molecule has 0 radical (unpaired) electrons. The number of hydrazone groups is 1. The van der Waals surface area contributed by atoms with E-state index in [9.17, 15) is 27.5 Å². The van der Waals surface area contributed by atoms with Crippen LogP contribution in [-0.4, -0.2) is 40.3 Å². The van der Waals surface area contributed by atoms with Crippen LogP contribution in [0, 0.1) is 0 Å². The molecular formula is C12H11F4N3O2. The number of nitrogens with zero attached hydrogens (tertiary/aromatic N) is 2. The zero-order valence-electron chi connectivity index (χ0n) is 10.5. The summed E-state index contributed by atoms with van der Waals surface area (Å²) in [6.45, 7) is 0. The maximum atomic E-state index is 13.0. The molecule has 0 saturated heterocycles. The third-order valence-electron chi connectivity index (χ3n) is 2.99. The first-order valence-corrected chi connectivity index (χ1v) is 5.82. The van der Waals surface area contributed by atoms with Crippen molar-refractivity contribution in [2.45, 2.75) is 25.0 Å². The average Bonchev–Trinajstić information content (AvgIpc) is 2.78. The molecule has 0 unspecified atom stereocenters. The first-order chi connectivity index (χ1) is 9.75. The van der Waals surface area contributed by atoms with Crippen LogP contribution in [0.2, 0.25) is 0 Å². The van der Waals surface area contributed by atoms with Gasteiger partial charge in [0.05, 0.1) is 0 Å². The number of rotatable bonds is 3. The molecule has 1 aliphatic rings. The summed E-state index contributed by atoms with van der Waals surface area (Å²) in [5.41, 5.74) is 1.59. The van der Waals surface area contributed by atoms with Crippen LogP contribution in [0.3, 0.4) is 0 Å². The summed E-state index contributed by atoms with van der Waals surface area (Å²) in [5.74, 6) is -1.12. The Labute approximate surface area is 116 Å². The predicted octanol–water partition coefficient (Wildman–Crippen LogP) is 1.69. The highest BCUT2D eigenvalue weighted by Crippen LogP contribution is 2.34. The van der Waals surface area contributed by atoms with Gasteiger partial charge in [0, 0.05) is 17.7 Å². The van der Waals surface area contributed by atoms with Crippen LogP contribution < -0.4 is 5.73 Å². The first-order valence-electron chi connectivity index (χ1n) is 5.82. The van der Waals surface area contributed by atoms with Crippen molar-refractivity contribution < 1.29 is 27.5 Å². The summed E-state index contributed by atoms with van der Waals surface area (Å²) in [6, 6.07) is 5.11. The molecule has 1 heterocycles. The molecule has 21 heavy (non-hydrogen) atoms. The Kier molecular flexibility index (Phi) is 3.86. The quantitative estimate of drug-likeness (QED) is 0.659. The van der Waals surface area contributed by atoms with Crippen molar-refractivity contribution in [1.82, 2.24) is 5.01 Å². The standard InChI is InChI=1S/C12H11F4N3O2/c13-9(14)8-5-12(21,11(15)16)19(18-8)10(20)6-1-3-7(17)4-2-6/h1-4,9,11,21H,5,17H2/t12-/m0/s1. The lowest BCUT2D eigenvalue weighted by Crippen LogP contribution is -2.51. The van der Waals surface area contributed by atoms with Crippen molar-refractivity contribution in [3.8, 4) is 0 Å². The average molecular weight is 305 g/mol. The highest BCUT2D eigenvalue weighted by molar-refractivity contribution is 5.99. The second kappa shape index (κ2) is 5.32. The third-order valence-corrected chi connectivity index (χ3v) is 2.99. The van der Waals surface area contributed by atoms with Crippen LogP contribution in [0.1, 0.15) is 16.8 Å². The number of hydrogen-bond donors (Lipinski definition) is 2. The summed E-state index contributed by atoms with van der Waals surface area (Å²) in [5, 5.41) is 13.0. The second-order valence-corrected chi connectivity index (χ2v) is 4.49. The number of carbonyl (C=O) groups excluding carboxylic acids is 1. The van der Waals surface area contributed by atoms with Crippen LogP contribution in [0.4, 0.5) is 23.2 Å².